The monoisotopic (exact) mass is 497 g/mol. The molecule has 1 fully saturated rings. The first-order valence-electron chi connectivity index (χ1n) is 8.90. The number of thiazole rings is 1. The van der Waals surface area contributed by atoms with Gasteiger partial charge < -0.3 is 26.3 Å². The Bertz CT molecular complexity index is 1060. The summed E-state index contributed by atoms with van der Waals surface area (Å²) in [6.45, 7) is 0. The second kappa shape index (κ2) is 9.62. The van der Waals surface area contributed by atoms with Crippen LogP contribution in [0.2, 0.25) is 0 Å². The number of hydrogen-bond donors (Lipinski definition) is 5. The third kappa shape index (κ3) is 4.58. The van der Waals surface area contributed by atoms with Gasteiger partial charge in [0.15, 0.2) is 10.8 Å². The fraction of sp³-hybridized carbons (Fsp3) is 0.294. The molecule has 12 nitrogen and oxygen atoms in total. The molecule has 1 saturated heterocycles. The largest absolute Gasteiger partial charge is 0.477 e. The predicted molar refractivity (Wildman–Crippen MR) is 123 cm³/mol. The molecule has 0 bridgehead atoms. The highest BCUT2D eigenvalue weighted by Crippen LogP contribution is 2.43. The van der Waals surface area contributed by atoms with Crippen molar-refractivity contribution in [3.63, 3.8) is 0 Å². The van der Waals surface area contributed by atoms with E-state index in [1.54, 1.807) is 24.4 Å². The van der Waals surface area contributed by atoms with Crippen molar-refractivity contribution in [3.05, 3.63) is 33.2 Å². The van der Waals surface area contributed by atoms with Crippen LogP contribution in [0.3, 0.4) is 0 Å². The smallest absolute Gasteiger partial charge is 0.353 e. The van der Waals surface area contributed by atoms with Crippen LogP contribution in [0.25, 0.3) is 0 Å². The van der Waals surface area contributed by atoms with Gasteiger partial charge in [-0.3, -0.25) is 19.9 Å². The Morgan fingerprint density at radius 2 is 2.22 bits per heavy atom. The van der Waals surface area contributed by atoms with Crippen molar-refractivity contribution < 1.29 is 24.7 Å². The zero-order valence-corrected chi connectivity index (χ0v) is 19.3. The number of fused-ring (bicyclic) bond motifs is 1. The summed E-state index contributed by atoms with van der Waals surface area (Å²) in [4.78, 5) is 44.2. The number of amidine groups is 1. The summed E-state index contributed by atoms with van der Waals surface area (Å²) < 4.78 is 0. The first kappa shape index (κ1) is 23.6. The summed E-state index contributed by atoms with van der Waals surface area (Å²) in [5, 5.41) is 34.7. The van der Waals surface area contributed by atoms with Gasteiger partial charge in [0, 0.05) is 30.1 Å². The van der Waals surface area contributed by atoms with Crippen molar-refractivity contribution in [2.75, 3.05) is 25.6 Å². The van der Waals surface area contributed by atoms with Crippen LogP contribution in [0.1, 0.15) is 5.69 Å². The minimum atomic E-state index is -1.26. The van der Waals surface area contributed by atoms with E-state index in [1.807, 2.05) is 0 Å². The highest BCUT2D eigenvalue weighted by Gasteiger charge is 2.54. The minimum Gasteiger partial charge on any atom is -0.477 e. The van der Waals surface area contributed by atoms with Crippen molar-refractivity contribution in [2.45, 2.75) is 11.4 Å². The number of nitrogens with zero attached hydrogens (tertiary/aromatic N) is 4. The number of anilines is 1. The maximum absolute atomic E-state index is 12.7. The van der Waals surface area contributed by atoms with Crippen molar-refractivity contribution in [2.24, 2.45) is 5.16 Å². The number of amides is 2. The van der Waals surface area contributed by atoms with Crippen LogP contribution in [0.15, 0.2) is 32.6 Å². The molecule has 1 unspecified atom stereocenters. The number of rotatable bonds is 7. The Kier molecular flexibility index (Phi) is 7.10. The van der Waals surface area contributed by atoms with Gasteiger partial charge in [-0.2, -0.15) is 0 Å². The molecule has 3 heterocycles. The standard InChI is InChI=1S/C17H19N7O5S3/c1-23(2)9(18)3-4-30-8-6-31-15-11(14(26)24(15)12(8)16(27)28)21-13(25)10(22-29)7-5-32-17(19)20-7/h3-5,11,15,18,29H,6H2,1-2H3,(H2,19,20)(H,21,25)(H,27,28)/b4-3+,18-9?,22-10-/t11?,15-/m1/s1. The summed E-state index contributed by atoms with van der Waals surface area (Å²) in [7, 11) is 3.42. The molecule has 3 rings (SSSR count). The van der Waals surface area contributed by atoms with Gasteiger partial charge >= 0.3 is 5.97 Å². The molecule has 15 heteroatoms. The number of nitrogens with two attached hydrogens (primary N) is 1. The number of carbonyl (C=O) groups excluding carboxylic acids is 2. The molecule has 32 heavy (non-hydrogen) atoms. The number of β-lactam (4-membered cyclic amide) rings is 1. The lowest BCUT2D eigenvalue weighted by Crippen LogP contribution is -2.71. The molecular weight excluding hydrogens is 478 g/mol. The van der Waals surface area contributed by atoms with Crippen molar-refractivity contribution in [1.82, 2.24) is 20.1 Å². The van der Waals surface area contributed by atoms with Crippen molar-refractivity contribution >= 4 is 69.3 Å². The van der Waals surface area contributed by atoms with Gasteiger partial charge in [0.05, 0.1) is 0 Å². The van der Waals surface area contributed by atoms with Gasteiger partial charge in [0.25, 0.3) is 11.8 Å². The Morgan fingerprint density at radius 1 is 1.50 bits per heavy atom. The van der Waals surface area contributed by atoms with E-state index in [0.717, 1.165) is 28.0 Å². The van der Waals surface area contributed by atoms with Crippen LogP contribution >= 0.6 is 34.9 Å². The second-order valence-electron chi connectivity index (χ2n) is 6.66. The molecule has 170 valence electrons. The first-order valence-corrected chi connectivity index (χ1v) is 11.7. The van der Waals surface area contributed by atoms with Crippen LogP contribution in [-0.2, 0) is 14.4 Å². The number of carboxylic acid groups (broad SMARTS) is 1. The van der Waals surface area contributed by atoms with Gasteiger partial charge in [0.1, 0.15) is 28.6 Å². The van der Waals surface area contributed by atoms with Gasteiger partial charge in [-0.05, 0) is 11.5 Å². The lowest BCUT2D eigenvalue weighted by Gasteiger charge is -2.49. The van der Waals surface area contributed by atoms with Crippen LogP contribution in [0.4, 0.5) is 5.13 Å². The number of carbonyl (C=O) groups is 3. The molecule has 2 aliphatic rings. The molecular formula is C17H19N7O5S3. The number of likely N-dealkylation sites (N-methyl/N-ethyl adjacent to an activating group) is 1. The maximum Gasteiger partial charge on any atom is 0.353 e. The van der Waals surface area contributed by atoms with Crippen LogP contribution in [0.5, 0.6) is 0 Å². The number of thioether (sulfide) groups is 2. The summed E-state index contributed by atoms with van der Waals surface area (Å²) in [6, 6.07) is -0.987. The molecule has 1 aromatic heterocycles. The van der Waals surface area contributed by atoms with Gasteiger partial charge in [-0.15, -0.1) is 23.1 Å². The lowest BCUT2D eigenvalue weighted by molar-refractivity contribution is -0.150. The van der Waals surface area contributed by atoms with E-state index in [-0.39, 0.29) is 22.4 Å². The van der Waals surface area contributed by atoms with E-state index in [4.69, 9.17) is 11.1 Å². The molecule has 0 saturated carbocycles. The minimum absolute atomic E-state index is 0.0623. The normalized spacial score (nSPS) is 20.8. The zero-order chi connectivity index (χ0) is 23.6. The molecule has 0 radical (unpaired) electrons. The molecule has 0 aliphatic carbocycles. The fourth-order valence-corrected chi connectivity index (χ4v) is 5.71. The Hall–Kier alpha value is -3.04. The average molecular weight is 498 g/mol. The van der Waals surface area contributed by atoms with Gasteiger partial charge in [0.2, 0.25) is 0 Å². The molecule has 2 amide bonds. The molecule has 2 atom stereocenters. The molecule has 6 N–H and O–H groups in total. The van der Waals surface area contributed by atoms with Crippen molar-refractivity contribution in [3.8, 4) is 0 Å². The quantitative estimate of drug-likeness (QED) is 0.116. The highest BCUT2D eigenvalue weighted by atomic mass is 32.2. The maximum atomic E-state index is 12.7. The lowest BCUT2D eigenvalue weighted by atomic mass is 10.0. The van der Waals surface area contributed by atoms with E-state index >= 15 is 0 Å². The van der Waals surface area contributed by atoms with E-state index in [9.17, 15) is 24.7 Å². The Balaban J connectivity index is 1.74. The van der Waals surface area contributed by atoms with E-state index in [0.29, 0.717) is 10.7 Å². The number of nitrogen functional groups attached to an aromatic ring is 1. The third-order valence-corrected chi connectivity index (χ3v) is 7.45. The number of carboxylic acids is 1. The molecule has 2 aliphatic heterocycles. The van der Waals surface area contributed by atoms with Crippen molar-refractivity contribution in [1.29, 1.82) is 5.41 Å². The van der Waals surface area contributed by atoms with E-state index in [2.05, 4.69) is 15.5 Å². The van der Waals surface area contributed by atoms with Gasteiger partial charge in [-0.1, -0.05) is 16.9 Å². The summed E-state index contributed by atoms with van der Waals surface area (Å²) >= 11 is 3.47. The predicted octanol–water partition coefficient (Wildman–Crippen LogP) is 0.385. The first-order chi connectivity index (χ1) is 15.1. The number of hydrogen-bond acceptors (Lipinski definition) is 11. The summed E-state index contributed by atoms with van der Waals surface area (Å²) in [6.07, 6.45) is 1.52. The average Bonchev–Trinajstić information content (AvgIpc) is 3.17. The number of aliphatic carboxylic acids is 1. The fourth-order valence-electron chi connectivity index (χ4n) is 2.83. The topological polar surface area (TPSA) is 185 Å². The van der Waals surface area contributed by atoms with Crippen LogP contribution in [-0.4, -0.2) is 85.7 Å². The third-order valence-electron chi connectivity index (χ3n) is 4.42. The SMILES string of the molecule is CN(C)C(=N)/C=C/SC1=C(C(=O)O)N2C(=O)C(NC(=O)/C(=N\O)c3csc(N)n3)[C@H]2SC1. The number of nitrogens with one attached hydrogen (secondary N) is 2. The molecule has 0 aromatic carbocycles. The highest BCUT2D eigenvalue weighted by molar-refractivity contribution is 8.08. The molecule has 0 spiro atoms. The number of oxime groups is 1. The summed E-state index contributed by atoms with van der Waals surface area (Å²) in [5.41, 5.74) is 5.04. The van der Waals surface area contributed by atoms with E-state index < -0.39 is 34.9 Å². The zero-order valence-electron chi connectivity index (χ0n) is 16.8. The van der Waals surface area contributed by atoms with Crippen LogP contribution < -0.4 is 11.1 Å². The number of aromatic nitrogens is 1. The Morgan fingerprint density at radius 3 is 2.78 bits per heavy atom. The van der Waals surface area contributed by atoms with E-state index in [1.165, 1.54) is 23.2 Å². The second-order valence-corrected chi connectivity index (χ2v) is 9.65. The van der Waals surface area contributed by atoms with Crippen LogP contribution in [0, 0.1) is 5.41 Å². The molecule has 1 aromatic rings. The van der Waals surface area contributed by atoms with Gasteiger partial charge in [-0.25, -0.2) is 9.78 Å². The Labute approximate surface area is 194 Å². The summed E-state index contributed by atoms with van der Waals surface area (Å²) in [5.74, 6) is -2.14.